The lowest BCUT2D eigenvalue weighted by Gasteiger charge is -2.48. The highest BCUT2D eigenvalue weighted by Gasteiger charge is 2.45. The van der Waals surface area contributed by atoms with Crippen LogP contribution in [0.1, 0.15) is 27.9 Å². The summed E-state index contributed by atoms with van der Waals surface area (Å²) in [5.74, 6) is -0.372. The number of aromatic hydroxyl groups is 1. The van der Waals surface area contributed by atoms with E-state index in [4.69, 9.17) is 4.42 Å². The Bertz CT molecular complexity index is 1360. The maximum atomic E-state index is 13.3. The molecule has 2 aliphatic rings. The van der Waals surface area contributed by atoms with E-state index in [1.165, 1.54) is 11.1 Å². The number of furan rings is 1. The predicted octanol–water partition coefficient (Wildman–Crippen LogP) is 3.58. The van der Waals surface area contributed by atoms with E-state index in [2.05, 4.69) is 17.4 Å². The Kier molecular flexibility index (Phi) is 4.28. The predicted molar refractivity (Wildman–Crippen MR) is 122 cm³/mol. The first-order valence-corrected chi connectivity index (χ1v) is 11.0. The zero-order valence-corrected chi connectivity index (χ0v) is 17.5. The molecule has 3 aromatic carbocycles. The largest absolute Gasteiger partial charge is 0.507 e. The van der Waals surface area contributed by atoms with Crippen molar-refractivity contribution in [1.29, 1.82) is 0 Å². The van der Waals surface area contributed by atoms with Gasteiger partial charge in [0.15, 0.2) is 0 Å². The van der Waals surface area contributed by atoms with Crippen LogP contribution in [-0.4, -0.2) is 45.8 Å². The van der Waals surface area contributed by atoms with Gasteiger partial charge in [0.25, 0.3) is 5.91 Å². The van der Waals surface area contributed by atoms with Gasteiger partial charge in [-0.1, -0.05) is 42.5 Å². The molecule has 32 heavy (non-hydrogen) atoms. The van der Waals surface area contributed by atoms with Crippen LogP contribution >= 0.6 is 0 Å². The van der Waals surface area contributed by atoms with Crippen molar-refractivity contribution in [2.75, 3.05) is 13.1 Å². The molecular formula is C26H24N2O4. The Hall–Kier alpha value is -3.35. The molecule has 0 bridgehead atoms. The highest BCUT2D eigenvalue weighted by molar-refractivity contribution is 6.09. The third-order valence-electron chi connectivity index (χ3n) is 7.13. The molecule has 3 N–H and O–H groups in total. The number of aliphatic hydroxyl groups is 1. The number of hydrogen-bond donors (Lipinski definition) is 3. The van der Waals surface area contributed by atoms with E-state index in [1.54, 1.807) is 17.0 Å². The molecule has 0 radical (unpaired) electrons. The highest BCUT2D eigenvalue weighted by Crippen LogP contribution is 2.36. The molecule has 1 saturated heterocycles. The number of piperidine rings is 1. The van der Waals surface area contributed by atoms with Crippen LogP contribution in [0.5, 0.6) is 5.75 Å². The number of phenolic OH excluding ortho intramolecular Hbond substituents is 1. The summed E-state index contributed by atoms with van der Waals surface area (Å²) in [6.45, 7) is 1.43. The van der Waals surface area contributed by atoms with Crippen LogP contribution in [0.15, 0.2) is 65.1 Å². The number of para-hydroxylation sites is 1. The van der Waals surface area contributed by atoms with Crippen LogP contribution in [0.2, 0.25) is 0 Å². The van der Waals surface area contributed by atoms with Gasteiger partial charge in [-0.05, 0) is 42.2 Å². The van der Waals surface area contributed by atoms with Gasteiger partial charge in [-0.25, -0.2) is 0 Å². The minimum atomic E-state index is -0.703. The molecule has 2 atom stereocenters. The molecule has 162 valence electrons. The van der Waals surface area contributed by atoms with Crippen molar-refractivity contribution in [2.24, 2.45) is 0 Å². The molecule has 6 rings (SSSR count). The molecule has 6 nitrogen and oxygen atoms in total. The monoisotopic (exact) mass is 428 g/mol. The zero-order valence-electron chi connectivity index (χ0n) is 17.5. The minimum absolute atomic E-state index is 0.0754. The molecular weight excluding hydrogens is 404 g/mol. The van der Waals surface area contributed by atoms with Gasteiger partial charge in [-0.15, -0.1) is 0 Å². The van der Waals surface area contributed by atoms with Crippen LogP contribution in [0.3, 0.4) is 0 Å². The fraction of sp³-hybridized carbons (Fsp3) is 0.269. The van der Waals surface area contributed by atoms with Crippen LogP contribution in [0.4, 0.5) is 0 Å². The average molecular weight is 428 g/mol. The summed E-state index contributed by atoms with van der Waals surface area (Å²) in [6, 6.07) is 19.1. The third kappa shape index (κ3) is 2.91. The third-order valence-corrected chi connectivity index (χ3v) is 7.13. The van der Waals surface area contributed by atoms with Gasteiger partial charge in [0.2, 0.25) is 0 Å². The van der Waals surface area contributed by atoms with E-state index in [9.17, 15) is 15.0 Å². The lowest BCUT2D eigenvalue weighted by molar-refractivity contribution is -0.0139. The Morgan fingerprint density at radius 1 is 1.03 bits per heavy atom. The maximum Gasteiger partial charge on any atom is 0.257 e. The second-order valence-corrected chi connectivity index (χ2v) is 8.94. The van der Waals surface area contributed by atoms with Crippen molar-refractivity contribution in [3.8, 4) is 5.75 Å². The van der Waals surface area contributed by atoms with E-state index < -0.39 is 11.6 Å². The number of fused-ring (bicyclic) bond motifs is 4. The number of amides is 1. The smallest absolute Gasteiger partial charge is 0.257 e. The summed E-state index contributed by atoms with van der Waals surface area (Å²) in [6.07, 6.45) is 0.676. The number of likely N-dealkylation sites (tertiary alicyclic amines) is 1. The van der Waals surface area contributed by atoms with Crippen molar-refractivity contribution in [2.45, 2.75) is 31.0 Å². The van der Waals surface area contributed by atoms with Gasteiger partial charge < -0.3 is 24.8 Å². The number of nitrogens with one attached hydrogen (secondary N) is 1. The number of rotatable bonds is 1. The van der Waals surface area contributed by atoms with Gasteiger partial charge in [0, 0.05) is 30.4 Å². The first kappa shape index (κ1) is 19.3. The number of nitrogens with zero attached hydrogens (tertiary/aromatic N) is 1. The summed E-state index contributed by atoms with van der Waals surface area (Å²) in [5.41, 5.74) is 3.54. The fourth-order valence-electron chi connectivity index (χ4n) is 5.25. The second kappa shape index (κ2) is 7.08. The first-order chi connectivity index (χ1) is 15.5. The fourth-order valence-corrected chi connectivity index (χ4v) is 5.25. The van der Waals surface area contributed by atoms with E-state index in [1.807, 2.05) is 36.4 Å². The lowest BCUT2D eigenvalue weighted by atomic mass is 9.76. The minimum Gasteiger partial charge on any atom is -0.507 e. The topological polar surface area (TPSA) is 85.9 Å². The van der Waals surface area contributed by atoms with Crippen LogP contribution < -0.4 is 5.32 Å². The van der Waals surface area contributed by atoms with Crippen molar-refractivity contribution in [1.82, 2.24) is 10.2 Å². The van der Waals surface area contributed by atoms with Gasteiger partial charge >= 0.3 is 0 Å². The van der Waals surface area contributed by atoms with E-state index in [-0.39, 0.29) is 23.8 Å². The second-order valence-electron chi connectivity index (χ2n) is 8.94. The van der Waals surface area contributed by atoms with E-state index >= 15 is 0 Å². The number of phenols is 1. The Morgan fingerprint density at radius 2 is 1.81 bits per heavy atom. The first-order valence-electron chi connectivity index (χ1n) is 11.0. The van der Waals surface area contributed by atoms with Gasteiger partial charge in [-0.3, -0.25) is 4.79 Å². The SMILES string of the molecule is O=C(c1cc2oc3ccccc3c2cc1O)N1CC[C@]2(Cc3ccccc3CN2)[C@H](O)C1. The summed E-state index contributed by atoms with van der Waals surface area (Å²) >= 11 is 0. The van der Waals surface area contributed by atoms with Crippen molar-refractivity contribution in [3.63, 3.8) is 0 Å². The molecule has 0 aliphatic carbocycles. The standard InChI is InChI=1S/C26H24N2O4/c29-21-11-19-18-7-3-4-8-22(18)32-23(19)12-20(21)25(31)28-10-9-26(24(30)15-28)13-16-5-1-2-6-17(16)14-27-26/h1-8,11-12,24,27,29-30H,9-10,13-15H2/t24-,26+/m1/s1. The zero-order chi connectivity index (χ0) is 21.9. The number of benzene rings is 3. The van der Waals surface area contributed by atoms with Gasteiger partial charge in [-0.2, -0.15) is 0 Å². The van der Waals surface area contributed by atoms with Gasteiger partial charge in [0.1, 0.15) is 16.9 Å². The summed E-state index contributed by atoms with van der Waals surface area (Å²) < 4.78 is 5.89. The van der Waals surface area contributed by atoms with Crippen molar-refractivity contribution in [3.05, 3.63) is 77.4 Å². The quantitative estimate of drug-likeness (QED) is 0.432. The van der Waals surface area contributed by atoms with Crippen molar-refractivity contribution >= 4 is 27.8 Å². The van der Waals surface area contributed by atoms with Crippen LogP contribution in [0, 0.1) is 0 Å². The molecule has 2 aliphatic heterocycles. The number of aliphatic hydroxyl groups excluding tert-OH is 1. The van der Waals surface area contributed by atoms with Crippen LogP contribution in [-0.2, 0) is 13.0 Å². The summed E-state index contributed by atoms with van der Waals surface area (Å²) in [7, 11) is 0. The Balaban J connectivity index is 1.27. The molecule has 0 unspecified atom stereocenters. The highest BCUT2D eigenvalue weighted by atomic mass is 16.3. The van der Waals surface area contributed by atoms with E-state index in [0.717, 1.165) is 17.2 Å². The molecule has 1 aromatic heterocycles. The number of hydrogen-bond acceptors (Lipinski definition) is 5. The van der Waals surface area contributed by atoms with Gasteiger partial charge in [0.05, 0.1) is 17.2 Å². The summed E-state index contributed by atoms with van der Waals surface area (Å²) in [5, 5.41) is 26.9. The molecule has 4 aromatic rings. The van der Waals surface area contributed by atoms with Crippen LogP contribution in [0.25, 0.3) is 21.9 Å². The maximum absolute atomic E-state index is 13.3. The average Bonchev–Trinajstić information content (AvgIpc) is 3.17. The van der Waals surface area contributed by atoms with Crippen molar-refractivity contribution < 1.29 is 19.4 Å². The lowest BCUT2D eigenvalue weighted by Crippen LogP contribution is -2.65. The molecule has 3 heterocycles. The molecule has 6 heteroatoms. The molecule has 1 spiro atoms. The number of β-amino-alcohol motifs (C(OH)–C–C–N with tert-alkyl or cyclic N) is 1. The molecule has 1 fully saturated rings. The number of carbonyl (C=O) groups is 1. The molecule has 0 saturated carbocycles. The normalized spacial score (nSPS) is 23.0. The Labute approximate surface area is 185 Å². The Morgan fingerprint density at radius 3 is 2.66 bits per heavy atom. The summed E-state index contributed by atoms with van der Waals surface area (Å²) in [4.78, 5) is 14.9. The van der Waals surface area contributed by atoms with E-state index in [0.29, 0.717) is 30.7 Å². The molecule has 1 amide bonds. The number of carbonyl (C=O) groups excluding carboxylic acids is 1.